The highest BCUT2D eigenvalue weighted by atomic mass is 19.2. The quantitative estimate of drug-likeness (QED) is 0.396. The smallest absolute Gasteiger partial charge is 0.263 e. The Morgan fingerprint density at radius 3 is 2.79 bits per heavy atom. The van der Waals surface area contributed by atoms with Gasteiger partial charge in [0.15, 0.2) is 11.6 Å². The number of nitrogens with zero attached hydrogens (tertiary/aromatic N) is 4. The SMILES string of the molecule is O=C(NCC#Cc1ccc2ncnc(N3CC[C@H](O)C3)c2c1)c1cccn(Cc2ccc(F)c(F)c2)c1=O. The number of carbonyl (C=O) groups excluding carboxylic acids is 1. The molecule has 0 aliphatic carbocycles. The lowest BCUT2D eigenvalue weighted by molar-refractivity contribution is 0.0956. The van der Waals surface area contributed by atoms with Gasteiger partial charge in [0, 0.05) is 30.2 Å². The lowest BCUT2D eigenvalue weighted by Crippen LogP contribution is -2.33. The Kier molecular flexibility index (Phi) is 7.11. The van der Waals surface area contributed by atoms with Crippen LogP contribution in [0.5, 0.6) is 0 Å². The van der Waals surface area contributed by atoms with Crippen molar-refractivity contribution in [2.75, 3.05) is 24.5 Å². The highest BCUT2D eigenvalue weighted by Crippen LogP contribution is 2.26. The molecule has 10 heteroatoms. The maximum Gasteiger partial charge on any atom is 0.263 e. The normalized spacial score (nSPS) is 14.8. The van der Waals surface area contributed by atoms with Crippen molar-refractivity contribution in [2.45, 2.75) is 19.1 Å². The van der Waals surface area contributed by atoms with Crippen LogP contribution in [-0.4, -0.2) is 51.3 Å². The molecular weight excluding hydrogens is 492 g/mol. The summed E-state index contributed by atoms with van der Waals surface area (Å²) in [6.45, 7) is 1.21. The first-order chi connectivity index (χ1) is 18.4. The summed E-state index contributed by atoms with van der Waals surface area (Å²) in [4.78, 5) is 36.1. The lowest BCUT2D eigenvalue weighted by atomic mass is 10.1. The van der Waals surface area contributed by atoms with E-state index in [2.05, 4.69) is 27.1 Å². The molecule has 8 nitrogen and oxygen atoms in total. The average Bonchev–Trinajstić information content (AvgIpc) is 3.35. The van der Waals surface area contributed by atoms with Crippen LogP contribution in [0.1, 0.15) is 27.9 Å². The molecule has 0 saturated carbocycles. The van der Waals surface area contributed by atoms with Gasteiger partial charge in [-0.05, 0) is 54.4 Å². The van der Waals surface area contributed by atoms with Crippen LogP contribution < -0.4 is 15.8 Å². The molecule has 0 spiro atoms. The maximum absolute atomic E-state index is 13.5. The Bertz CT molecular complexity index is 1640. The third kappa shape index (κ3) is 5.38. The number of benzene rings is 2. The van der Waals surface area contributed by atoms with Gasteiger partial charge < -0.3 is 19.9 Å². The fourth-order valence-corrected chi connectivity index (χ4v) is 4.34. The minimum Gasteiger partial charge on any atom is -0.391 e. The summed E-state index contributed by atoms with van der Waals surface area (Å²) in [5.41, 5.74) is 1.21. The molecule has 1 fully saturated rings. The van der Waals surface area contributed by atoms with E-state index in [-0.39, 0.29) is 24.8 Å². The van der Waals surface area contributed by atoms with Crippen molar-refractivity contribution in [3.8, 4) is 11.8 Å². The number of amides is 1. The summed E-state index contributed by atoms with van der Waals surface area (Å²) in [6, 6.07) is 11.9. The third-order valence-corrected chi connectivity index (χ3v) is 6.25. The molecule has 1 saturated heterocycles. The van der Waals surface area contributed by atoms with E-state index in [1.54, 1.807) is 0 Å². The molecule has 1 aliphatic heterocycles. The van der Waals surface area contributed by atoms with E-state index in [1.807, 2.05) is 23.1 Å². The number of aliphatic hydroxyl groups is 1. The molecular formula is C28H23F2N5O3. The number of anilines is 1. The second-order valence-corrected chi connectivity index (χ2v) is 8.91. The standard InChI is InChI=1S/C28H23F2N5O3/c29-23-7-5-19(14-24(23)30)15-35-11-2-4-21(28(35)38)27(37)31-10-1-3-18-6-8-25-22(13-18)26(33-17-32-25)34-12-9-20(36)16-34/h2,4-8,11,13-14,17,20,36H,9-10,12,15-16H2,(H,31,37)/t20-/m0/s1. The number of nitrogens with one attached hydrogen (secondary N) is 1. The van der Waals surface area contributed by atoms with Crippen molar-refractivity contribution in [2.24, 2.45) is 0 Å². The number of halogens is 2. The van der Waals surface area contributed by atoms with Crippen LogP contribution in [0.2, 0.25) is 0 Å². The van der Waals surface area contributed by atoms with Crippen LogP contribution in [-0.2, 0) is 6.54 Å². The number of pyridine rings is 1. The molecule has 0 radical (unpaired) electrons. The lowest BCUT2D eigenvalue weighted by Gasteiger charge is -2.18. The molecule has 2 aromatic carbocycles. The second kappa shape index (κ2) is 10.8. The molecule has 0 bridgehead atoms. The Morgan fingerprint density at radius 2 is 2.00 bits per heavy atom. The van der Waals surface area contributed by atoms with Crippen molar-refractivity contribution in [3.05, 3.63) is 99.7 Å². The number of aromatic nitrogens is 3. The van der Waals surface area contributed by atoms with Gasteiger partial charge in [-0.1, -0.05) is 17.9 Å². The number of β-amino-alcohol motifs (C(OH)–C–C–N with tert-alkyl or cyclic N) is 1. The van der Waals surface area contributed by atoms with E-state index in [1.165, 1.54) is 35.3 Å². The van der Waals surface area contributed by atoms with Crippen LogP contribution in [0.25, 0.3) is 10.9 Å². The van der Waals surface area contributed by atoms with Crippen LogP contribution in [0, 0.1) is 23.5 Å². The van der Waals surface area contributed by atoms with Gasteiger partial charge in [0.1, 0.15) is 17.7 Å². The molecule has 192 valence electrons. The van der Waals surface area contributed by atoms with Gasteiger partial charge in [0.2, 0.25) is 0 Å². The fraction of sp³-hybridized carbons (Fsp3) is 0.214. The molecule has 1 amide bonds. The Balaban J connectivity index is 1.27. The van der Waals surface area contributed by atoms with Crippen molar-refractivity contribution in [1.82, 2.24) is 19.9 Å². The number of hydrogen-bond donors (Lipinski definition) is 2. The second-order valence-electron chi connectivity index (χ2n) is 8.91. The predicted octanol–water partition coefficient (Wildman–Crippen LogP) is 2.47. The van der Waals surface area contributed by atoms with Crippen molar-refractivity contribution in [1.29, 1.82) is 0 Å². The molecule has 1 aliphatic rings. The summed E-state index contributed by atoms with van der Waals surface area (Å²) in [7, 11) is 0. The van der Waals surface area contributed by atoms with E-state index in [4.69, 9.17) is 0 Å². The zero-order chi connectivity index (χ0) is 26.6. The molecule has 38 heavy (non-hydrogen) atoms. The highest BCUT2D eigenvalue weighted by molar-refractivity contribution is 5.94. The van der Waals surface area contributed by atoms with Gasteiger partial charge >= 0.3 is 0 Å². The maximum atomic E-state index is 13.5. The molecule has 5 rings (SSSR count). The summed E-state index contributed by atoms with van der Waals surface area (Å²) in [5.74, 6) is 4.06. The van der Waals surface area contributed by atoms with Gasteiger partial charge in [0.25, 0.3) is 11.5 Å². The van der Waals surface area contributed by atoms with Crippen LogP contribution >= 0.6 is 0 Å². The number of fused-ring (bicyclic) bond motifs is 1. The van der Waals surface area contributed by atoms with Crippen LogP contribution in [0.4, 0.5) is 14.6 Å². The molecule has 0 unspecified atom stereocenters. The van der Waals surface area contributed by atoms with Crippen molar-refractivity contribution < 1.29 is 18.7 Å². The van der Waals surface area contributed by atoms with E-state index in [9.17, 15) is 23.5 Å². The minimum atomic E-state index is -1.01. The zero-order valence-electron chi connectivity index (χ0n) is 20.2. The van der Waals surface area contributed by atoms with Gasteiger partial charge in [-0.2, -0.15) is 0 Å². The van der Waals surface area contributed by atoms with Crippen LogP contribution in [0.3, 0.4) is 0 Å². The average molecular weight is 516 g/mol. The number of rotatable bonds is 5. The highest BCUT2D eigenvalue weighted by Gasteiger charge is 2.23. The van der Waals surface area contributed by atoms with E-state index < -0.39 is 23.1 Å². The Labute approximate surface area is 216 Å². The van der Waals surface area contributed by atoms with Gasteiger partial charge in [0.05, 0.1) is 24.7 Å². The molecule has 1 atom stereocenters. The topological polar surface area (TPSA) is 100 Å². The molecule has 2 N–H and O–H groups in total. The van der Waals surface area contributed by atoms with Crippen molar-refractivity contribution in [3.63, 3.8) is 0 Å². The molecule has 2 aromatic heterocycles. The zero-order valence-corrected chi connectivity index (χ0v) is 20.2. The Hall–Kier alpha value is -4.62. The van der Waals surface area contributed by atoms with E-state index in [0.29, 0.717) is 30.6 Å². The summed E-state index contributed by atoms with van der Waals surface area (Å²) < 4.78 is 27.9. The van der Waals surface area contributed by atoms with E-state index in [0.717, 1.165) is 28.9 Å². The molecule has 4 aromatic rings. The first-order valence-electron chi connectivity index (χ1n) is 12.0. The minimum absolute atomic E-state index is 0.00480. The van der Waals surface area contributed by atoms with Crippen LogP contribution in [0.15, 0.2) is 65.8 Å². The first-order valence-corrected chi connectivity index (χ1v) is 12.0. The fourth-order valence-electron chi connectivity index (χ4n) is 4.34. The molecule has 3 heterocycles. The Morgan fingerprint density at radius 1 is 1.13 bits per heavy atom. The van der Waals surface area contributed by atoms with E-state index >= 15 is 0 Å². The largest absolute Gasteiger partial charge is 0.391 e. The summed E-state index contributed by atoms with van der Waals surface area (Å²) >= 11 is 0. The summed E-state index contributed by atoms with van der Waals surface area (Å²) in [5, 5.41) is 13.3. The van der Waals surface area contributed by atoms with Crippen molar-refractivity contribution >= 4 is 22.6 Å². The number of carbonyl (C=O) groups is 1. The summed E-state index contributed by atoms with van der Waals surface area (Å²) in [6.07, 6.45) is 3.27. The van der Waals surface area contributed by atoms with Gasteiger partial charge in [-0.25, -0.2) is 18.7 Å². The monoisotopic (exact) mass is 515 g/mol. The first kappa shape index (κ1) is 25.0. The number of hydrogen-bond acceptors (Lipinski definition) is 6. The van der Waals surface area contributed by atoms with Gasteiger partial charge in [-0.15, -0.1) is 0 Å². The third-order valence-electron chi connectivity index (χ3n) is 6.25. The van der Waals surface area contributed by atoms with Gasteiger partial charge in [-0.3, -0.25) is 9.59 Å². The number of aliphatic hydroxyl groups excluding tert-OH is 1. The predicted molar refractivity (Wildman–Crippen MR) is 138 cm³/mol.